The molecule has 94 valence electrons. The van der Waals surface area contributed by atoms with Crippen LogP contribution in [0.25, 0.3) is 0 Å². The van der Waals surface area contributed by atoms with E-state index in [1.54, 1.807) is 17.0 Å². The van der Waals surface area contributed by atoms with E-state index in [1.807, 2.05) is 13.0 Å². The van der Waals surface area contributed by atoms with Crippen molar-refractivity contribution in [2.75, 3.05) is 13.1 Å². The molecule has 0 bridgehead atoms. The lowest BCUT2D eigenvalue weighted by Crippen LogP contribution is -2.31. The van der Waals surface area contributed by atoms with Gasteiger partial charge in [0.15, 0.2) is 0 Å². The highest BCUT2D eigenvalue weighted by atomic mass is 35.5. The van der Waals surface area contributed by atoms with Crippen LogP contribution < -0.4 is 5.73 Å². The number of nitrogens with zero attached hydrogens (tertiary/aromatic N) is 1. The van der Waals surface area contributed by atoms with Gasteiger partial charge < -0.3 is 10.6 Å². The summed E-state index contributed by atoms with van der Waals surface area (Å²) in [6, 6.07) is 5.48. The minimum atomic E-state index is 0. The van der Waals surface area contributed by atoms with Crippen molar-refractivity contribution in [1.29, 1.82) is 0 Å². The minimum Gasteiger partial charge on any atom is -0.337 e. The fourth-order valence-corrected chi connectivity index (χ4v) is 2.05. The number of carbonyl (C=O) groups excluding carboxylic acids is 1. The number of nitrogens with two attached hydrogens (primary N) is 1. The summed E-state index contributed by atoms with van der Waals surface area (Å²) in [5.41, 5.74) is 7.40. The molecule has 0 unspecified atom stereocenters. The van der Waals surface area contributed by atoms with Crippen molar-refractivity contribution in [1.82, 2.24) is 4.90 Å². The largest absolute Gasteiger partial charge is 0.337 e. The standard InChI is InChI=1S/C12H15ClN2O.ClH/c1-8-6-9(2-3-11(8)13)12(16)15-5-4-10(14)7-15;/h2-3,6,10H,4-5,7,14H2,1H3;1H/t10-;/m1./s1. The van der Waals surface area contributed by atoms with Crippen LogP contribution in [-0.2, 0) is 0 Å². The second-order valence-corrected chi connectivity index (χ2v) is 4.67. The second-order valence-electron chi connectivity index (χ2n) is 4.26. The van der Waals surface area contributed by atoms with Crippen molar-refractivity contribution < 1.29 is 4.79 Å². The molecule has 1 aromatic carbocycles. The van der Waals surface area contributed by atoms with Crippen molar-refractivity contribution in [3.05, 3.63) is 34.3 Å². The van der Waals surface area contributed by atoms with Crippen LogP contribution in [0, 0.1) is 6.92 Å². The van der Waals surface area contributed by atoms with Crippen molar-refractivity contribution >= 4 is 29.9 Å². The maximum atomic E-state index is 12.1. The van der Waals surface area contributed by atoms with Gasteiger partial charge in [-0.1, -0.05) is 11.6 Å². The summed E-state index contributed by atoms with van der Waals surface area (Å²) in [6.45, 7) is 3.30. The van der Waals surface area contributed by atoms with Gasteiger partial charge in [0, 0.05) is 29.7 Å². The van der Waals surface area contributed by atoms with E-state index >= 15 is 0 Å². The zero-order valence-electron chi connectivity index (χ0n) is 9.65. The van der Waals surface area contributed by atoms with Gasteiger partial charge in [-0.25, -0.2) is 0 Å². The molecule has 1 aliphatic heterocycles. The van der Waals surface area contributed by atoms with E-state index in [0.717, 1.165) is 18.5 Å². The monoisotopic (exact) mass is 274 g/mol. The molecule has 2 rings (SSSR count). The Hall–Kier alpha value is -0.770. The van der Waals surface area contributed by atoms with Gasteiger partial charge in [-0.15, -0.1) is 12.4 Å². The zero-order chi connectivity index (χ0) is 11.7. The number of amides is 1. The van der Waals surface area contributed by atoms with E-state index < -0.39 is 0 Å². The van der Waals surface area contributed by atoms with Crippen LogP contribution in [0.3, 0.4) is 0 Å². The number of halogens is 2. The quantitative estimate of drug-likeness (QED) is 0.854. The first kappa shape index (κ1) is 14.3. The van der Waals surface area contributed by atoms with Gasteiger partial charge in [0.2, 0.25) is 0 Å². The second kappa shape index (κ2) is 5.71. The third-order valence-electron chi connectivity index (χ3n) is 2.92. The summed E-state index contributed by atoms with van der Waals surface area (Å²) in [5.74, 6) is 0.0488. The minimum absolute atomic E-state index is 0. The molecule has 0 aromatic heterocycles. The third-order valence-corrected chi connectivity index (χ3v) is 3.34. The number of hydrogen-bond acceptors (Lipinski definition) is 2. The molecule has 1 heterocycles. The predicted octanol–water partition coefficient (Wildman–Crippen LogP) is 2.24. The molecule has 0 aliphatic carbocycles. The fraction of sp³-hybridized carbons (Fsp3) is 0.417. The lowest BCUT2D eigenvalue weighted by molar-refractivity contribution is 0.0791. The molecule has 0 saturated carbocycles. The Morgan fingerprint density at radius 1 is 1.53 bits per heavy atom. The molecule has 5 heteroatoms. The Morgan fingerprint density at radius 2 is 2.24 bits per heavy atom. The molecule has 1 aliphatic rings. The summed E-state index contributed by atoms with van der Waals surface area (Å²) in [6.07, 6.45) is 0.887. The van der Waals surface area contributed by atoms with Gasteiger partial charge in [-0.05, 0) is 37.1 Å². The SMILES string of the molecule is Cc1cc(C(=O)N2CC[C@@H](N)C2)ccc1Cl.Cl. The van der Waals surface area contributed by atoms with E-state index in [0.29, 0.717) is 17.1 Å². The maximum absolute atomic E-state index is 12.1. The van der Waals surface area contributed by atoms with Crippen molar-refractivity contribution in [3.8, 4) is 0 Å². The van der Waals surface area contributed by atoms with Crippen LogP contribution >= 0.6 is 24.0 Å². The first-order chi connectivity index (χ1) is 7.58. The Kier molecular flexibility index (Phi) is 4.80. The highest BCUT2D eigenvalue weighted by molar-refractivity contribution is 6.31. The Bertz CT molecular complexity index is 423. The molecule has 3 nitrogen and oxygen atoms in total. The number of likely N-dealkylation sites (tertiary alicyclic amines) is 1. The number of carbonyl (C=O) groups is 1. The number of aryl methyl sites for hydroxylation is 1. The van der Waals surface area contributed by atoms with Gasteiger partial charge >= 0.3 is 0 Å². The molecule has 1 atom stereocenters. The molecule has 17 heavy (non-hydrogen) atoms. The first-order valence-corrected chi connectivity index (χ1v) is 5.76. The lowest BCUT2D eigenvalue weighted by Gasteiger charge is -2.16. The molecule has 2 N–H and O–H groups in total. The van der Waals surface area contributed by atoms with E-state index in [1.165, 1.54) is 0 Å². The third kappa shape index (κ3) is 3.12. The molecule has 0 radical (unpaired) electrons. The zero-order valence-corrected chi connectivity index (χ0v) is 11.2. The van der Waals surface area contributed by atoms with Gasteiger partial charge in [0.05, 0.1) is 0 Å². The molecular weight excluding hydrogens is 259 g/mol. The van der Waals surface area contributed by atoms with E-state index in [9.17, 15) is 4.79 Å². The molecular formula is C12H16Cl2N2O. The van der Waals surface area contributed by atoms with E-state index in [4.69, 9.17) is 17.3 Å². The highest BCUT2D eigenvalue weighted by Gasteiger charge is 2.24. The Labute approximate surface area is 112 Å². The average Bonchev–Trinajstić information content (AvgIpc) is 2.68. The van der Waals surface area contributed by atoms with Crippen molar-refractivity contribution in [2.24, 2.45) is 5.73 Å². The van der Waals surface area contributed by atoms with Gasteiger partial charge in [0.25, 0.3) is 5.91 Å². The first-order valence-electron chi connectivity index (χ1n) is 5.39. The summed E-state index contributed by atoms with van der Waals surface area (Å²) in [4.78, 5) is 13.9. The molecule has 1 aromatic rings. The number of rotatable bonds is 1. The summed E-state index contributed by atoms with van der Waals surface area (Å²) in [5, 5.41) is 0.690. The van der Waals surface area contributed by atoms with Gasteiger partial charge in [0.1, 0.15) is 0 Å². The summed E-state index contributed by atoms with van der Waals surface area (Å²) < 4.78 is 0. The predicted molar refractivity (Wildman–Crippen MR) is 71.9 cm³/mol. The number of hydrogen-bond donors (Lipinski definition) is 1. The fourth-order valence-electron chi connectivity index (χ4n) is 1.93. The van der Waals surface area contributed by atoms with E-state index in [-0.39, 0.29) is 24.4 Å². The lowest BCUT2D eigenvalue weighted by atomic mass is 10.1. The highest BCUT2D eigenvalue weighted by Crippen LogP contribution is 2.19. The number of benzene rings is 1. The van der Waals surface area contributed by atoms with E-state index in [2.05, 4.69) is 0 Å². The van der Waals surface area contributed by atoms with Crippen LogP contribution in [0.15, 0.2) is 18.2 Å². The van der Waals surface area contributed by atoms with Gasteiger partial charge in [-0.3, -0.25) is 4.79 Å². The maximum Gasteiger partial charge on any atom is 0.253 e. The smallest absolute Gasteiger partial charge is 0.253 e. The summed E-state index contributed by atoms with van der Waals surface area (Å²) in [7, 11) is 0. The van der Waals surface area contributed by atoms with Crippen LogP contribution in [0.2, 0.25) is 5.02 Å². The van der Waals surface area contributed by atoms with Crippen molar-refractivity contribution in [2.45, 2.75) is 19.4 Å². The Morgan fingerprint density at radius 3 is 2.76 bits per heavy atom. The topological polar surface area (TPSA) is 46.3 Å². The van der Waals surface area contributed by atoms with Crippen LogP contribution in [0.1, 0.15) is 22.3 Å². The van der Waals surface area contributed by atoms with Crippen LogP contribution in [0.5, 0.6) is 0 Å². The molecule has 1 saturated heterocycles. The molecule has 0 spiro atoms. The van der Waals surface area contributed by atoms with Crippen LogP contribution in [0.4, 0.5) is 0 Å². The van der Waals surface area contributed by atoms with Gasteiger partial charge in [-0.2, -0.15) is 0 Å². The normalized spacial score (nSPS) is 19.0. The molecule has 1 amide bonds. The van der Waals surface area contributed by atoms with Crippen LogP contribution in [-0.4, -0.2) is 29.9 Å². The van der Waals surface area contributed by atoms with Crippen molar-refractivity contribution in [3.63, 3.8) is 0 Å². The molecule has 1 fully saturated rings. The average molecular weight is 275 g/mol. The summed E-state index contributed by atoms with van der Waals surface area (Å²) >= 11 is 5.92. The Balaban J connectivity index is 0.00000144.